The average molecular weight is 647 g/mol. The molecular formula is C23H17Cl2N3O7S4. The van der Waals surface area contributed by atoms with Crippen molar-refractivity contribution in [3.8, 4) is 0 Å². The van der Waals surface area contributed by atoms with E-state index >= 15 is 0 Å². The van der Waals surface area contributed by atoms with Crippen molar-refractivity contribution < 1.29 is 31.2 Å². The third-order valence-corrected chi connectivity index (χ3v) is 11.0. The Labute approximate surface area is 241 Å². The first-order chi connectivity index (χ1) is 18.4. The van der Waals surface area contributed by atoms with Gasteiger partial charge < -0.3 is 10.1 Å². The first-order valence-corrected chi connectivity index (χ1v) is 16.1. The predicted octanol–water partition coefficient (Wildman–Crippen LogP) is 5.51. The van der Waals surface area contributed by atoms with Gasteiger partial charge in [-0.2, -0.15) is 0 Å². The molecule has 39 heavy (non-hydrogen) atoms. The second-order valence-electron chi connectivity index (χ2n) is 7.63. The number of sulfonamides is 2. The van der Waals surface area contributed by atoms with Crippen LogP contribution in [0, 0.1) is 0 Å². The molecule has 204 valence electrons. The highest BCUT2D eigenvalue weighted by Gasteiger charge is 2.21. The second kappa shape index (κ2) is 11.9. The maximum absolute atomic E-state index is 12.8. The monoisotopic (exact) mass is 645 g/mol. The lowest BCUT2D eigenvalue weighted by Gasteiger charge is -2.13. The third-order valence-electron chi connectivity index (χ3n) is 4.73. The Bertz CT molecular complexity index is 1640. The van der Waals surface area contributed by atoms with E-state index in [1.165, 1.54) is 36.4 Å². The number of esters is 1. The molecule has 0 saturated carbocycles. The smallest absolute Gasteiger partial charge is 0.338 e. The number of nitrogens with one attached hydrogen (secondary N) is 3. The molecule has 2 aromatic heterocycles. The topological polar surface area (TPSA) is 148 Å². The Balaban J connectivity index is 1.55. The highest BCUT2D eigenvalue weighted by atomic mass is 35.5. The summed E-state index contributed by atoms with van der Waals surface area (Å²) < 4.78 is 60.7. The fraction of sp³-hybridized carbons (Fsp3) is 0.0435. The Morgan fingerprint density at radius 3 is 1.79 bits per heavy atom. The number of carbonyl (C=O) groups is 2. The van der Waals surface area contributed by atoms with Gasteiger partial charge in [-0.15, -0.1) is 22.7 Å². The first kappa shape index (κ1) is 28.9. The van der Waals surface area contributed by atoms with E-state index < -0.39 is 38.5 Å². The van der Waals surface area contributed by atoms with E-state index in [1.54, 1.807) is 22.9 Å². The zero-order valence-electron chi connectivity index (χ0n) is 19.4. The zero-order chi connectivity index (χ0) is 28.2. The van der Waals surface area contributed by atoms with Crippen molar-refractivity contribution in [2.45, 2.75) is 8.42 Å². The number of ether oxygens (including phenoxy) is 1. The lowest BCUT2D eigenvalue weighted by molar-refractivity contribution is -0.119. The number of rotatable bonds is 10. The van der Waals surface area contributed by atoms with E-state index in [4.69, 9.17) is 27.9 Å². The Kier molecular flexibility index (Phi) is 8.83. The number of hydrogen-bond donors (Lipinski definition) is 3. The maximum Gasteiger partial charge on any atom is 0.338 e. The van der Waals surface area contributed by atoms with Crippen LogP contribution in [0.4, 0.5) is 17.1 Å². The normalized spacial score (nSPS) is 11.5. The van der Waals surface area contributed by atoms with Crippen molar-refractivity contribution in [1.29, 1.82) is 0 Å². The SMILES string of the molecule is O=C(COC(=O)c1cc(NS(=O)(=O)c2cccs2)cc(NS(=O)(=O)c2cccs2)c1)Nc1ccc(Cl)c(Cl)c1. The van der Waals surface area contributed by atoms with Gasteiger partial charge in [-0.3, -0.25) is 14.2 Å². The Hall–Kier alpha value is -3.14. The fourth-order valence-electron chi connectivity index (χ4n) is 3.09. The van der Waals surface area contributed by atoms with Gasteiger partial charge in [0, 0.05) is 5.69 Å². The average Bonchev–Trinajstić information content (AvgIpc) is 3.59. The molecular weight excluding hydrogens is 629 g/mol. The summed E-state index contributed by atoms with van der Waals surface area (Å²) >= 11 is 13.7. The summed E-state index contributed by atoms with van der Waals surface area (Å²) in [7, 11) is -8.05. The van der Waals surface area contributed by atoms with Gasteiger partial charge >= 0.3 is 5.97 Å². The molecule has 4 rings (SSSR count). The summed E-state index contributed by atoms with van der Waals surface area (Å²) in [5, 5.41) is 6.15. The minimum Gasteiger partial charge on any atom is -0.452 e. The van der Waals surface area contributed by atoms with Crippen molar-refractivity contribution in [1.82, 2.24) is 0 Å². The molecule has 1 amide bonds. The molecule has 0 aliphatic heterocycles. The van der Waals surface area contributed by atoms with Crippen molar-refractivity contribution in [2.24, 2.45) is 0 Å². The lowest BCUT2D eigenvalue weighted by Crippen LogP contribution is -2.21. The van der Waals surface area contributed by atoms with Gasteiger partial charge in [-0.05, 0) is 59.3 Å². The first-order valence-electron chi connectivity index (χ1n) is 10.6. The van der Waals surface area contributed by atoms with E-state index in [2.05, 4.69) is 14.8 Å². The van der Waals surface area contributed by atoms with Gasteiger partial charge in [0.1, 0.15) is 8.42 Å². The fourth-order valence-corrected chi connectivity index (χ4v) is 7.46. The van der Waals surface area contributed by atoms with Gasteiger partial charge in [0.05, 0.1) is 27.0 Å². The number of benzene rings is 2. The van der Waals surface area contributed by atoms with Crippen molar-refractivity contribution in [3.05, 3.63) is 87.0 Å². The second-order valence-corrected chi connectivity index (χ2v) is 14.2. The van der Waals surface area contributed by atoms with Crippen LogP contribution in [0.2, 0.25) is 10.0 Å². The summed E-state index contributed by atoms with van der Waals surface area (Å²) in [6, 6.07) is 13.8. The van der Waals surface area contributed by atoms with Gasteiger partial charge in [0.15, 0.2) is 6.61 Å². The van der Waals surface area contributed by atoms with Crippen LogP contribution in [0.3, 0.4) is 0 Å². The molecule has 0 bridgehead atoms. The molecule has 16 heteroatoms. The third kappa shape index (κ3) is 7.50. The van der Waals surface area contributed by atoms with E-state index in [0.717, 1.165) is 34.8 Å². The Morgan fingerprint density at radius 2 is 1.31 bits per heavy atom. The molecule has 0 aliphatic rings. The van der Waals surface area contributed by atoms with Crippen LogP contribution in [-0.4, -0.2) is 35.3 Å². The molecule has 4 aromatic rings. The van der Waals surface area contributed by atoms with Crippen molar-refractivity contribution in [2.75, 3.05) is 21.4 Å². The number of hydrogen-bond acceptors (Lipinski definition) is 9. The standard InChI is InChI=1S/C23H17Cl2N3O7S4/c24-18-6-5-15(12-19(18)25)26-20(29)13-35-23(30)14-9-16(27-38(31,32)21-3-1-7-36-21)11-17(10-14)28-39(33,34)22-4-2-8-37-22/h1-12,27-28H,13H2,(H,26,29). The van der Waals surface area contributed by atoms with Crippen LogP contribution in [0.25, 0.3) is 0 Å². The highest BCUT2D eigenvalue weighted by molar-refractivity contribution is 7.95. The molecule has 0 radical (unpaired) electrons. The molecule has 10 nitrogen and oxygen atoms in total. The van der Waals surface area contributed by atoms with Crippen LogP contribution in [0.1, 0.15) is 10.4 Å². The van der Waals surface area contributed by atoms with E-state index in [1.807, 2.05) is 0 Å². The van der Waals surface area contributed by atoms with E-state index in [0.29, 0.717) is 10.7 Å². The van der Waals surface area contributed by atoms with E-state index in [9.17, 15) is 26.4 Å². The van der Waals surface area contributed by atoms with Crippen LogP contribution in [-0.2, 0) is 29.6 Å². The number of halogens is 2. The van der Waals surface area contributed by atoms with Crippen LogP contribution < -0.4 is 14.8 Å². The molecule has 0 spiro atoms. The van der Waals surface area contributed by atoms with Crippen LogP contribution >= 0.6 is 45.9 Å². The lowest BCUT2D eigenvalue weighted by atomic mass is 10.2. The van der Waals surface area contributed by atoms with Gasteiger partial charge in [-0.25, -0.2) is 21.6 Å². The number of anilines is 3. The molecule has 3 N–H and O–H groups in total. The van der Waals surface area contributed by atoms with Crippen LogP contribution in [0.15, 0.2) is 79.8 Å². The zero-order valence-corrected chi connectivity index (χ0v) is 24.2. The molecule has 0 saturated heterocycles. The van der Waals surface area contributed by atoms with Crippen molar-refractivity contribution in [3.63, 3.8) is 0 Å². The number of thiophene rings is 2. The Morgan fingerprint density at radius 1 is 0.744 bits per heavy atom. The molecule has 0 aliphatic carbocycles. The van der Waals surface area contributed by atoms with Gasteiger partial charge in [-0.1, -0.05) is 35.3 Å². The van der Waals surface area contributed by atoms with E-state index in [-0.39, 0.29) is 30.4 Å². The molecule has 2 aromatic carbocycles. The highest BCUT2D eigenvalue weighted by Crippen LogP contribution is 2.28. The number of amides is 1. The summed E-state index contributed by atoms with van der Waals surface area (Å²) in [5.41, 5.74) is -0.114. The molecule has 0 fully saturated rings. The minimum absolute atomic E-state index is 0.00942. The largest absolute Gasteiger partial charge is 0.452 e. The summed E-state index contributed by atoms with van der Waals surface area (Å²) in [4.78, 5) is 25.1. The maximum atomic E-state index is 12.8. The van der Waals surface area contributed by atoms with Crippen molar-refractivity contribution >= 4 is 94.9 Å². The number of carbonyl (C=O) groups excluding carboxylic acids is 2. The molecule has 0 unspecified atom stereocenters. The van der Waals surface area contributed by atoms with Crippen LogP contribution in [0.5, 0.6) is 0 Å². The predicted molar refractivity (Wildman–Crippen MR) is 152 cm³/mol. The summed E-state index contributed by atoms with van der Waals surface area (Å²) in [6.07, 6.45) is 0. The van der Waals surface area contributed by atoms with Gasteiger partial charge in [0.25, 0.3) is 26.0 Å². The summed E-state index contributed by atoms with van der Waals surface area (Å²) in [5.74, 6) is -1.69. The minimum atomic E-state index is -4.03. The quantitative estimate of drug-likeness (QED) is 0.192. The molecule has 2 heterocycles. The molecule has 0 atom stereocenters. The summed E-state index contributed by atoms with van der Waals surface area (Å²) in [6.45, 7) is -0.694. The van der Waals surface area contributed by atoms with Gasteiger partial charge in [0.2, 0.25) is 0 Å².